The quantitative estimate of drug-likeness (QED) is 0.797. The maximum absolute atomic E-state index is 12.2. The molecule has 8 heteroatoms. The molecule has 1 aliphatic rings. The fraction of sp³-hybridized carbons (Fsp3) is 0.562. The molecule has 0 aliphatic heterocycles. The number of nitrogens with zero attached hydrogens (tertiary/aromatic N) is 1. The predicted molar refractivity (Wildman–Crippen MR) is 98.1 cm³/mol. The van der Waals surface area contributed by atoms with E-state index in [1.807, 2.05) is 0 Å². The minimum absolute atomic E-state index is 0.00342. The van der Waals surface area contributed by atoms with E-state index in [1.165, 1.54) is 10.6 Å². The first-order chi connectivity index (χ1) is 11.3. The van der Waals surface area contributed by atoms with Gasteiger partial charge in [0.25, 0.3) is 0 Å². The van der Waals surface area contributed by atoms with E-state index in [4.69, 9.17) is 23.2 Å². The first kappa shape index (κ1) is 19.5. The van der Waals surface area contributed by atoms with Crippen LogP contribution >= 0.6 is 23.2 Å². The van der Waals surface area contributed by atoms with Crippen molar-refractivity contribution in [3.8, 4) is 0 Å². The molecule has 1 fully saturated rings. The molecule has 1 aromatic rings. The molecular weight excluding hydrogens is 371 g/mol. The average Bonchev–Trinajstić information content (AvgIpc) is 2.51. The summed E-state index contributed by atoms with van der Waals surface area (Å²) in [6.45, 7) is 0.174. The molecule has 2 rings (SSSR count). The topological polar surface area (TPSA) is 66.5 Å². The number of carbonyl (C=O) groups excluding carboxylic acids is 1. The monoisotopic (exact) mass is 392 g/mol. The van der Waals surface area contributed by atoms with E-state index in [0.29, 0.717) is 15.7 Å². The Kier molecular flexibility index (Phi) is 6.92. The van der Waals surface area contributed by atoms with Crippen molar-refractivity contribution in [2.24, 2.45) is 0 Å². The summed E-state index contributed by atoms with van der Waals surface area (Å²) in [5.74, 6) is -0.288. The van der Waals surface area contributed by atoms with Crippen LogP contribution < -0.4 is 5.32 Å². The van der Waals surface area contributed by atoms with Crippen LogP contribution in [0.15, 0.2) is 18.2 Å². The number of amides is 1. The smallest absolute Gasteiger partial charge is 0.225 e. The van der Waals surface area contributed by atoms with Gasteiger partial charge in [-0.25, -0.2) is 8.42 Å². The summed E-state index contributed by atoms with van der Waals surface area (Å²) < 4.78 is 25.6. The molecule has 134 valence electrons. The lowest BCUT2D eigenvalue weighted by Crippen LogP contribution is -2.42. The lowest BCUT2D eigenvalue weighted by molar-refractivity contribution is -0.116. The van der Waals surface area contributed by atoms with Crippen molar-refractivity contribution in [1.82, 2.24) is 4.31 Å². The van der Waals surface area contributed by atoms with Gasteiger partial charge >= 0.3 is 0 Å². The van der Waals surface area contributed by atoms with Crippen molar-refractivity contribution < 1.29 is 13.2 Å². The molecule has 1 aromatic carbocycles. The molecule has 1 amide bonds. The highest BCUT2D eigenvalue weighted by atomic mass is 35.5. The van der Waals surface area contributed by atoms with Gasteiger partial charge in [0.15, 0.2) is 0 Å². The Morgan fingerprint density at radius 3 is 2.54 bits per heavy atom. The Morgan fingerprint density at radius 2 is 1.92 bits per heavy atom. The maximum atomic E-state index is 12.2. The van der Waals surface area contributed by atoms with Gasteiger partial charge in [-0.1, -0.05) is 42.5 Å². The second-order valence-electron chi connectivity index (χ2n) is 6.09. The van der Waals surface area contributed by atoms with Crippen LogP contribution in [0.25, 0.3) is 0 Å². The van der Waals surface area contributed by atoms with Crippen LogP contribution in [0.4, 0.5) is 5.69 Å². The molecule has 0 spiro atoms. The normalized spacial score (nSPS) is 16.3. The van der Waals surface area contributed by atoms with Gasteiger partial charge in [-0.2, -0.15) is 4.31 Å². The Balaban J connectivity index is 1.98. The summed E-state index contributed by atoms with van der Waals surface area (Å²) in [4.78, 5) is 12.2. The van der Waals surface area contributed by atoms with E-state index in [2.05, 4.69) is 5.32 Å². The molecule has 1 aliphatic carbocycles. The molecule has 0 saturated heterocycles. The average molecular weight is 393 g/mol. The summed E-state index contributed by atoms with van der Waals surface area (Å²) in [6.07, 6.45) is 6.19. The first-order valence-electron chi connectivity index (χ1n) is 7.99. The zero-order chi connectivity index (χ0) is 17.7. The molecule has 0 unspecified atom stereocenters. The zero-order valence-electron chi connectivity index (χ0n) is 13.6. The number of rotatable bonds is 6. The number of hydrogen-bond acceptors (Lipinski definition) is 3. The van der Waals surface area contributed by atoms with E-state index in [1.54, 1.807) is 18.2 Å². The van der Waals surface area contributed by atoms with Crippen LogP contribution in [0.5, 0.6) is 0 Å². The van der Waals surface area contributed by atoms with Crippen LogP contribution in [0, 0.1) is 0 Å². The molecule has 1 saturated carbocycles. The van der Waals surface area contributed by atoms with Gasteiger partial charge in [0, 0.05) is 24.0 Å². The number of benzene rings is 1. The van der Waals surface area contributed by atoms with Crippen LogP contribution in [-0.4, -0.2) is 37.5 Å². The Bertz CT molecular complexity index is 689. The highest BCUT2D eigenvalue weighted by Gasteiger charge is 2.28. The predicted octanol–water partition coefficient (Wildman–Crippen LogP) is 3.92. The first-order valence-corrected chi connectivity index (χ1v) is 10.6. The molecule has 5 nitrogen and oxygen atoms in total. The highest BCUT2D eigenvalue weighted by Crippen LogP contribution is 2.26. The van der Waals surface area contributed by atoms with Gasteiger partial charge < -0.3 is 5.32 Å². The summed E-state index contributed by atoms with van der Waals surface area (Å²) in [5, 5.41) is 3.54. The third-order valence-electron chi connectivity index (χ3n) is 4.17. The Morgan fingerprint density at radius 1 is 1.25 bits per heavy atom. The van der Waals surface area contributed by atoms with Crippen molar-refractivity contribution >= 4 is 44.8 Å². The second kappa shape index (κ2) is 8.52. The second-order valence-corrected chi connectivity index (χ2v) is 8.87. The van der Waals surface area contributed by atoms with E-state index < -0.39 is 10.0 Å². The van der Waals surface area contributed by atoms with Crippen molar-refractivity contribution in [2.75, 3.05) is 18.1 Å². The van der Waals surface area contributed by atoms with Crippen molar-refractivity contribution in [2.45, 2.75) is 44.6 Å². The largest absolute Gasteiger partial charge is 0.325 e. The molecular formula is C16H22Cl2N2O3S. The fourth-order valence-corrected chi connectivity index (χ4v) is 4.52. The van der Waals surface area contributed by atoms with Crippen molar-refractivity contribution in [3.63, 3.8) is 0 Å². The van der Waals surface area contributed by atoms with Gasteiger partial charge in [-0.05, 0) is 31.0 Å². The number of carbonyl (C=O) groups is 1. The standard InChI is InChI=1S/C16H22Cl2N2O3S/c1-24(22,23)20(13-5-3-2-4-6-13)10-9-16(21)19-15-11-12(17)7-8-14(15)18/h7-8,11,13H,2-6,9-10H2,1H3,(H,19,21). The van der Waals surface area contributed by atoms with Crippen molar-refractivity contribution in [3.05, 3.63) is 28.2 Å². The number of hydrogen-bond donors (Lipinski definition) is 1. The summed E-state index contributed by atoms with van der Waals surface area (Å²) in [6, 6.07) is 4.80. The third kappa shape index (κ3) is 5.62. The molecule has 1 N–H and O–H groups in total. The maximum Gasteiger partial charge on any atom is 0.225 e. The van der Waals surface area contributed by atoms with Gasteiger partial charge in [0.1, 0.15) is 0 Å². The van der Waals surface area contributed by atoms with Gasteiger partial charge in [0.05, 0.1) is 17.0 Å². The summed E-state index contributed by atoms with van der Waals surface area (Å²) in [5.41, 5.74) is 0.428. The SMILES string of the molecule is CS(=O)(=O)N(CCC(=O)Nc1cc(Cl)ccc1Cl)C1CCCCC1. The molecule has 0 aromatic heterocycles. The lowest BCUT2D eigenvalue weighted by atomic mass is 9.95. The minimum Gasteiger partial charge on any atom is -0.325 e. The van der Waals surface area contributed by atoms with Crippen LogP contribution in [-0.2, 0) is 14.8 Å². The van der Waals surface area contributed by atoms with Crippen LogP contribution in [0.2, 0.25) is 10.0 Å². The van der Waals surface area contributed by atoms with E-state index in [0.717, 1.165) is 32.1 Å². The molecule has 24 heavy (non-hydrogen) atoms. The molecule has 0 atom stereocenters. The number of halogens is 2. The van der Waals surface area contributed by atoms with E-state index >= 15 is 0 Å². The van der Waals surface area contributed by atoms with E-state index in [9.17, 15) is 13.2 Å². The van der Waals surface area contributed by atoms with Gasteiger partial charge in [-0.3, -0.25) is 4.79 Å². The third-order valence-corrected chi connectivity index (χ3v) is 6.07. The fourth-order valence-electron chi connectivity index (χ4n) is 3.01. The van der Waals surface area contributed by atoms with Gasteiger partial charge in [-0.15, -0.1) is 0 Å². The molecule has 0 bridgehead atoms. The summed E-state index contributed by atoms with van der Waals surface area (Å²) in [7, 11) is -3.34. The lowest BCUT2D eigenvalue weighted by Gasteiger charge is -2.32. The summed E-state index contributed by atoms with van der Waals surface area (Å²) >= 11 is 11.9. The van der Waals surface area contributed by atoms with E-state index in [-0.39, 0.29) is 24.9 Å². The molecule has 0 heterocycles. The number of sulfonamides is 1. The number of nitrogens with one attached hydrogen (secondary N) is 1. The molecule has 0 radical (unpaired) electrons. The van der Waals surface area contributed by atoms with Crippen LogP contribution in [0.3, 0.4) is 0 Å². The van der Waals surface area contributed by atoms with Crippen molar-refractivity contribution in [1.29, 1.82) is 0 Å². The Hall–Kier alpha value is -0.820. The zero-order valence-corrected chi connectivity index (χ0v) is 15.9. The Labute approximate surface area is 153 Å². The minimum atomic E-state index is -3.34. The van der Waals surface area contributed by atoms with Gasteiger partial charge in [0.2, 0.25) is 15.9 Å². The highest BCUT2D eigenvalue weighted by molar-refractivity contribution is 7.88. The van der Waals surface area contributed by atoms with Crippen LogP contribution in [0.1, 0.15) is 38.5 Å². The number of anilines is 1.